The van der Waals surface area contributed by atoms with Gasteiger partial charge in [-0.15, -0.1) is 0 Å². The van der Waals surface area contributed by atoms with Gasteiger partial charge in [-0.3, -0.25) is 4.79 Å². The number of carbonyl (C=O) groups is 1. The molecule has 1 amide bonds. The van der Waals surface area contributed by atoms with E-state index in [1.54, 1.807) is 0 Å². The number of ether oxygens (including phenoxy) is 2. The molecular weight excluding hydrogens is 292 g/mol. The zero-order chi connectivity index (χ0) is 16.3. The summed E-state index contributed by atoms with van der Waals surface area (Å²) in [5, 5.41) is 3.36. The van der Waals surface area contributed by atoms with E-state index in [0.29, 0.717) is 26.2 Å². The first-order valence-corrected chi connectivity index (χ1v) is 8.41. The summed E-state index contributed by atoms with van der Waals surface area (Å²) < 4.78 is 11.2. The van der Waals surface area contributed by atoms with Crippen LogP contribution in [0.25, 0.3) is 0 Å². The predicted octanol–water partition coefficient (Wildman–Crippen LogP) is 1.74. The maximum absolute atomic E-state index is 12.0. The number of nitrogens with zero attached hydrogens (tertiary/aromatic N) is 1. The molecule has 1 N–H and O–H groups in total. The van der Waals surface area contributed by atoms with E-state index in [9.17, 15) is 4.79 Å². The molecule has 126 valence electrons. The summed E-state index contributed by atoms with van der Waals surface area (Å²) in [7, 11) is 0. The number of hydrogen-bond acceptors (Lipinski definition) is 4. The van der Waals surface area contributed by atoms with Crippen LogP contribution in [-0.4, -0.2) is 49.3 Å². The van der Waals surface area contributed by atoms with Crippen molar-refractivity contribution in [2.45, 2.75) is 38.8 Å². The number of hydrogen-bond donors (Lipinski definition) is 1. The number of fused-ring (bicyclic) bond motifs is 1. The summed E-state index contributed by atoms with van der Waals surface area (Å²) in [5.41, 5.74) is 2.42. The molecule has 0 radical (unpaired) electrons. The van der Waals surface area contributed by atoms with E-state index in [1.165, 1.54) is 11.1 Å². The third-order valence-corrected chi connectivity index (χ3v) is 4.34. The van der Waals surface area contributed by atoms with Gasteiger partial charge in [-0.25, -0.2) is 0 Å². The van der Waals surface area contributed by atoms with Crippen molar-refractivity contribution in [1.82, 2.24) is 10.2 Å². The summed E-state index contributed by atoms with van der Waals surface area (Å²) in [6.07, 6.45) is 1.49. The molecule has 0 aliphatic carbocycles. The molecule has 23 heavy (non-hydrogen) atoms. The van der Waals surface area contributed by atoms with Gasteiger partial charge in [0.05, 0.1) is 13.2 Å². The van der Waals surface area contributed by atoms with Crippen LogP contribution in [0.4, 0.5) is 0 Å². The highest BCUT2D eigenvalue weighted by atomic mass is 16.5. The Morgan fingerprint density at radius 1 is 1.30 bits per heavy atom. The molecule has 0 saturated carbocycles. The first-order valence-electron chi connectivity index (χ1n) is 8.41. The number of benzene rings is 1. The Morgan fingerprint density at radius 2 is 2.09 bits per heavy atom. The van der Waals surface area contributed by atoms with Gasteiger partial charge < -0.3 is 19.7 Å². The lowest BCUT2D eigenvalue weighted by Crippen LogP contribution is -2.41. The van der Waals surface area contributed by atoms with Gasteiger partial charge in [0.15, 0.2) is 0 Å². The lowest BCUT2D eigenvalue weighted by molar-refractivity contribution is -0.135. The van der Waals surface area contributed by atoms with Crippen LogP contribution >= 0.6 is 0 Å². The Bertz CT molecular complexity index is 565. The van der Waals surface area contributed by atoms with E-state index in [0.717, 1.165) is 31.8 Å². The summed E-state index contributed by atoms with van der Waals surface area (Å²) in [6.45, 7) is 8.47. The van der Waals surface area contributed by atoms with Crippen LogP contribution in [0.3, 0.4) is 0 Å². The fourth-order valence-electron chi connectivity index (χ4n) is 3.17. The highest BCUT2D eigenvalue weighted by Crippen LogP contribution is 2.35. The molecule has 0 aromatic heterocycles. The molecular formula is C18H26N2O3. The van der Waals surface area contributed by atoms with E-state index >= 15 is 0 Å². The third kappa shape index (κ3) is 4.24. The second-order valence-electron chi connectivity index (χ2n) is 6.90. The molecule has 0 atom stereocenters. The molecule has 1 aromatic rings. The summed E-state index contributed by atoms with van der Waals surface area (Å²) in [5.74, 6) is 1.21. The molecule has 3 rings (SSSR count). The standard InChI is InChI=1S/C18H26N2O3/c1-18(2)12-15-11-14(3-4-16(15)23-18)13-19-6-5-17(21)20-7-9-22-10-8-20/h3-4,11,19H,5-10,12-13H2,1-2H3. The number of nitrogens with one attached hydrogen (secondary N) is 1. The quantitative estimate of drug-likeness (QED) is 0.840. The fraction of sp³-hybridized carbons (Fsp3) is 0.611. The number of rotatable bonds is 5. The molecule has 0 spiro atoms. The maximum Gasteiger partial charge on any atom is 0.224 e. The Labute approximate surface area is 137 Å². The van der Waals surface area contributed by atoms with Gasteiger partial charge in [-0.1, -0.05) is 12.1 Å². The lowest BCUT2D eigenvalue weighted by atomic mass is 10.0. The van der Waals surface area contributed by atoms with Crippen LogP contribution in [-0.2, 0) is 22.5 Å². The van der Waals surface area contributed by atoms with E-state index in [2.05, 4.69) is 37.4 Å². The zero-order valence-electron chi connectivity index (χ0n) is 14.1. The maximum atomic E-state index is 12.0. The van der Waals surface area contributed by atoms with Crippen LogP contribution < -0.4 is 10.1 Å². The minimum Gasteiger partial charge on any atom is -0.487 e. The second-order valence-corrected chi connectivity index (χ2v) is 6.90. The van der Waals surface area contributed by atoms with Crippen LogP contribution in [0.1, 0.15) is 31.4 Å². The highest BCUT2D eigenvalue weighted by molar-refractivity contribution is 5.76. The molecule has 5 nitrogen and oxygen atoms in total. The SMILES string of the molecule is CC1(C)Cc2cc(CNCCC(=O)N3CCOCC3)ccc2O1. The summed E-state index contributed by atoms with van der Waals surface area (Å²) >= 11 is 0. The molecule has 5 heteroatoms. The van der Waals surface area contributed by atoms with Crippen molar-refractivity contribution in [3.8, 4) is 5.75 Å². The molecule has 1 saturated heterocycles. The van der Waals surface area contributed by atoms with Gasteiger partial charge in [0.2, 0.25) is 5.91 Å². The lowest BCUT2D eigenvalue weighted by Gasteiger charge is -2.26. The van der Waals surface area contributed by atoms with Gasteiger partial charge in [0.1, 0.15) is 11.4 Å². The first kappa shape index (κ1) is 16.3. The van der Waals surface area contributed by atoms with Crippen LogP contribution in [0.5, 0.6) is 5.75 Å². The van der Waals surface area contributed by atoms with Gasteiger partial charge in [0.25, 0.3) is 0 Å². The van der Waals surface area contributed by atoms with Gasteiger partial charge in [-0.05, 0) is 31.0 Å². The average molecular weight is 318 g/mol. The molecule has 1 aromatic carbocycles. The summed E-state index contributed by atoms with van der Waals surface area (Å²) in [6, 6.07) is 6.36. The van der Waals surface area contributed by atoms with Gasteiger partial charge in [0, 0.05) is 39.0 Å². The van der Waals surface area contributed by atoms with Crippen molar-refractivity contribution in [3.63, 3.8) is 0 Å². The molecule has 0 unspecified atom stereocenters. The van der Waals surface area contributed by atoms with E-state index < -0.39 is 0 Å². The Balaban J connectivity index is 1.42. The smallest absolute Gasteiger partial charge is 0.224 e. The third-order valence-electron chi connectivity index (χ3n) is 4.34. The molecule has 2 heterocycles. The predicted molar refractivity (Wildman–Crippen MR) is 88.6 cm³/mol. The van der Waals surface area contributed by atoms with Gasteiger partial charge >= 0.3 is 0 Å². The normalized spacial score (nSPS) is 19.3. The van der Waals surface area contributed by atoms with Gasteiger partial charge in [-0.2, -0.15) is 0 Å². The number of morpholine rings is 1. The van der Waals surface area contributed by atoms with Crippen molar-refractivity contribution in [2.24, 2.45) is 0 Å². The van der Waals surface area contributed by atoms with E-state index in [1.807, 2.05) is 4.90 Å². The average Bonchev–Trinajstić information content (AvgIpc) is 2.85. The second kappa shape index (κ2) is 6.89. The zero-order valence-corrected chi connectivity index (χ0v) is 14.1. The monoisotopic (exact) mass is 318 g/mol. The minimum atomic E-state index is -0.0983. The molecule has 2 aliphatic heterocycles. The number of amides is 1. The molecule has 0 bridgehead atoms. The Hall–Kier alpha value is -1.59. The van der Waals surface area contributed by atoms with Crippen molar-refractivity contribution < 1.29 is 14.3 Å². The Kier molecular flexibility index (Phi) is 4.87. The Morgan fingerprint density at radius 3 is 2.87 bits per heavy atom. The van der Waals surface area contributed by atoms with Crippen molar-refractivity contribution in [2.75, 3.05) is 32.8 Å². The molecule has 2 aliphatic rings. The van der Waals surface area contributed by atoms with Crippen molar-refractivity contribution in [3.05, 3.63) is 29.3 Å². The molecule has 1 fully saturated rings. The largest absolute Gasteiger partial charge is 0.487 e. The van der Waals surface area contributed by atoms with Crippen LogP contribution in [0.15, 0.2) is 18.2 Å². The minimum absolute atomic E-state index is 0.0983. The number of carbonyl (C=O) groups excluding carboxylic acids is 1. The highest BCUT2D eigenvalue weighted by Gasteiger charge is 2.29. The fourth-order valence-corrected chi connectivity index (χ4v) is 3.17. The van der Waals surface area contributed by atoms with Crippen molar-refractivity contribution in [1.29, 1.82) is 0 Å². The first-order chi connectivity index (χ1) is 11.0. The van der Waals surface area contributed by atoms with Crippen molar-refractivity contribution >= 4 is 5.91 Å². The van der Waals surface area contributed by atoms with E-state index in [-0.39, 0.29) is 11.5 Å². The van der Waals surface area contributed by atoms with E-state index in [4.69, 9.17) is 9.47 Å². The van der Waals surface area contributed by atoms with Crippen LogP contribution in [0.2, 0.25) is 0 Å². The summed E-state index contributed by atoms with van der Waals surface area (Å²) in [4.78, 5) is 13.9. The topological polar surface area (TPSA) is 50.8 Å². The van der Waals surface area contributed by atoms with Crippen LogP contribution in [0, 0.1) is 0 Å².